The van der Waals surface area contributed by atoms with Gasteiger partial charge in [0.25, 0.3) is 0 Å². The van der Waals surface area contributed by atoms with Gasteiger partial charge < -0.3 is 14.2 Å². The van der Waals surface area contributed by atoms with Crippen LogP contribution in [0.5, 0.6) is 17.2 Å². The first kappa shape index (κ1) is 24.5. The quantitative estimate of drug-likeness (QED) is 0.373. The van der Waals surface area contributed by atoms with Gasteiger partial charge >= 0.3 is 6.18 Å². The normalized spacial score (nSPS) is 20.0. The molecule has 0 aliphatic carbocycles. The number of fused-ring (bicyclic) bond motifs is 1. The number of methoxy groups -OCH3 is 1. The molecule has 2 aliphatic rings. The summed E-state index contributed by atoms with van der Waals surface area (Å²) in [5, 5.41) is 0. The highest BCUT2D eigenvalue weighted by molar-refractivity contribution is 5.51. The van der Waals surface area contributed by atoms with E-state index in [9.17, 15) is 13.2 Å². The minimum absolute atomic E-state index is 0.179. The molecule has 0 aromatic heterocycles. The predicted octanol–water partition coefficient (Wildman–Crippen LogP) is 6.50. The molecular formula is C29H30F3NO3. The van der Waals surface area contributed by atoms with E-state index in [1.54, 1.807) is 13.2 Å². The SMILES string of the molecule is COc1ccc2c(c1)OC[C@H](c1cccc(C(F)(F)F)c1)[C@@H]2c1ccc(OCCN2CCCC2)cc1. The van der Waals surface area contributed by atoms with Crippen molar-refractivity contribution in [3.63, 3.8) is 0 Å². The number of benzene rings is 3. The maximum atomic E-state index is 13.5. The Labute approximate surface area is 209 Å². The minimum Gasteiger partial charge on any atom is -0.497 e. The van der Waals surface area contributed by atoms with Crippen molar-refractivity contribution in [2.75, 3.05) is 40.0 Å². The van der Waals surface area contributed by atoms with Crippen LogP contribution in [-0.4, -0.2) is 44.9 Å². The number of nitrogens with zero attached hydrogens (tertiary/aromatic N) is 1. The average molecular weight is 498 g/mol. The lowest BCUT2D eigenvalue weighted by molar-refractivity contribution is -0.137. The summed E-state index contributed by atoms with van der Waals surface area (Å²) >= 11 is 0. The summed E-state index contributed by atoms with van der Waals surface area (Å²) in [4.78, 5) is 2.40. The third kappa shape index (κ3) is 5.31. The molecule has 0 unspecified atom stereocenters. The molecule has 0 N–H and O–H groups in total. The molecule has 2 heterocycles. The molecule has 4 nitrogen and oxygen atoms in total. The maximum Gasteiger partial charge on any atom is 0.416 e. The van der Waals surface area contributed by atoms with Crippen molar-refractivity contribution in [3.05, 3.63) is 89.0 Å². The van der Waals surface area contributed by atoms with Crippen LogP contribution >= 0.6 is 0 Å². The summed E-state index contributed by atoms with van der Waals surface area (Å²) < 4.78 is 57.7. The first-order valence-electron chi connectivity index (χ1n) is 12.4. The first-order chi connectivity index (χ1) is 17.4. The van der Waals surface area contributed by atoms with E-state index in [1.807, 2.05) is 42.5 Å². The van der Waals surface area contributed by atoms with Crippen LogP contribution < -0.4 is 14.2 Å². The van der Waals surface area contributed by atoms with E-state index in [0.29, 0.717) is 23.7 Å². The number of hydrogen-bond acceptors (Lipinski definition) is 4. The van der Waals surface area contributed by atoms with Gasteiger partial charge in [-0.25, -0.2) is 0 Å². The molecule has 2 atom stereocenters. The second-order valence-corrected chi connectivity index (χ2v) is 9.39. The number of halogens is 3. The molecule has 0 radical (unpaired) electrons. The van der Waals surface area contributed by atoms with Crippen LogP contribution in [0.4, 0.5) is 13.2 Å². The van der Waals surface area contributed by atoms with E-state index in [4.69, 9.17) is 14.2 Å². The Morgan fingerprint density at radius 3 is 2.39 bits per heavy atom. The average Bonchev–Trinajstić information content (AvgIpc) is 3.41. The van der Waals surface area contributed by atoms with Crippen LogP contribution in [0.15, 0.2) is 66.7 Å². The molecule has 0 bridgehead atoms. The number of likely N-dealkylation sites (tertiary alicyclic amines) is 1. The van der Waals surface area contributed by atoms with E-state index in [0.717, 1.165) is 42.6 Å². The van der Waals surface area contributed by atoms with Crippen molar-refractivity contribution in [1.82, 2.24) is 4.90 Å². The molecular weight excluding hydrogens is 467 g/mol. The first-order valence-corrected chi connectivity index (χ1v) is 12.4. The van der Waals surface area contributed by atoms with E-state index in [1.165, 1.54) is 25.0 Å². The Balaban J connectivity index is 1.43. The zero-order valence-corrected chi connectivity index (χ0v) is 20.3. The van der Waals surface area contributed by atoms with Crippen LogP contribution in [0, 0.1) is 0 Å². The molecule has 3 aromatic rings. The molecule has 2 aliphatic heterocycles. The molecule has 1 fully saturated rings. The summed E-state index contributed by atoms with van der Waals surface area (Å²) in [7, 11) is 1.59. The molecule has 0 amide bonds. The lowest BCUT2D eigenvalue weighted by Gasteiger charge is -2.35. The molecule has 5 rings (SSSR count). The standard InChI is InChI=1S/C29H30F3NO3/c1-34-24-11-12-25-27(18-24)36-19-26(21-5-4-6-22(17-21)29(30,31)32)28(25)20-7-9-23(10-8-20)35-16-15-33-13-2-3-14-33/h4-12,17-18,26,28H,2-3,13-16,19H2,1H3/t26-,28-/m1/s1. The molecule has 0 saturated carbocycles. The zero-order chi connectivity index (χ0) is 25.1. The Morgan fingerprint density at radius 1 is 0.917 bits per heavy atom. The summed E-state index contributed by atoms with van der Waals surface area (Å²) in [6.07, 6.45) is -1.90. The van der Waals surface area contributed by atoms with Gasteiger partial charge in [0.15, 0.2) is 0 Å². The second-order valence-electron chi connectivity index (χ2n) is 9.39. The monoisotopic (exact) mass is 497 g/mol. The van der Waals surface area contributed by atoms with Gasteiger partial charge in [-0.15, -0.1) is 0 Å². The molecule has 0 spiro atoms. The zero-order valence-electron chi connectivity index (χ0n) is 20.3. The third-order valence-electron chi connectivity index (χ3n) is 7.13. The van der Waals surface area contributed by atoms with Crippen molar-refractivity contribution < 1.29 is 27.4 Å². The fraction of sp³-hybridized carbons (Fsp3) is 0.379. The summed E-state index contributed by atoms with van der Waals surface area (Å²) in [5.74, 6) is 1.69. The predicted molar refractivity (Wildman–Crippen MR) is 132 cm³/mol. The number of hydrogen-bond donors (Lipinski definition) is 0. The summed E-state index contributed by atoms with van der Waals surface area (Å²) in [6, 6.07) is 19.1. The fourth-order valence-electron chi connectivity index (χ4n) is 5.23. The topological polar surface area (TPSA) is 30.9 Å². The fourth-order valence-corrected chi connectivity index (χ4v) is 5.23. The van der Waals surface area contributed by atoms with E-state index in [2.05, 4.69) is 4.90 Å². The van der Waals surface area contributed by atoms with Crippen LogP contribution in [0.25, 0.3) is 0 Å². The van der Waals surface area contributed by atoms with E-state index >= 15 is 0 Å². The highest BCUT2D eigenvalue weighted by Gasteiger charge is 2.36. The maximum absolute atomic E-state index is 13.5. The highest BCUT2D eigenvalue weighted by atomic mass is 19.4. The number of alkyl halides is 3. The Hall–Kier alpha value is -3.19. The van der Waals surface area contributed by atoms with Crippen LogP contribution in [0.3, 0.4) is 0 Å². The second kappa shape index (κ2) is 10.4. The van der Waals surface area contributed by atoms with Crippen molar-refractivity contribution in [2.45, 2.75) is 30.9 Å². The van der Waals surface area contributed by atoms with Crippen molar-refractivity contribution in [2.24, 2.45) is 0 Å². The Kier molecular flexibility index (Phi) is 7.10. The largest absolute Gasteiger partial charge is 0.497 e. The van der Waals surface area contributed by atoms with Gasteiger partial charge in [0.1, 0.15) is 23.9 Å². The van der Waals surface area contributed by atoms with Gasteiger partial charge in [-0.1, -0.05) is 36.4 Å². The minimum atomic E-state index is -4.40. The van der Waals surface area contributed by atoms with Crippen LogP contribution in [0.2, 0.25) is 0 Å². The van der Waals surface area contributed by atoms with Gasteiger partial charge in [-0.2, -0.15) is 13.2 Å². The van der Waals surface area contributed by atoms with Gasteiger partial charge in [-0.3, -0.25) is 4.90 Å². The van der Waals surface area contributed by atoms with Gasteiger partial charge in [0.05, 0.1) is 19.3 Å². The Morgan fingerprint density at radius 2 is 1.67 bits per heavy atom. The number of rotatable bonds is 7. The number of ether oxygens (including phenoxy) is 3. The molecule has 3 aromatic carbocycles. The van der Waals surface area contributed by atoms with Gasteiger partial charge in [-0.05, 0) is 61.3 Å². The van der Waals surface area contributed by atoms with Gasteiger partial charge in [0.2, 0.25) is 0 Å². The molecule has 7 heteroatoms. The van der Waals surface area contributed by atoms with Crippen molar-refractivity contribution in [1.29, 1.82) is 0 Å². The molecule has 36 heavy (non-hydrogen) atoms. The van der Waals surface area contributed by atoms with Gasteiger partial charge in [0, 0.05) is 30.0 Å². The van der Waals surface area contributed by atoms with Crippen LogP contribution in [0.1, 0.15) is 46.9 Å². The van der Waals surface area contributed by atoms with E-state index in [-0.39, 0.29) is 18.4 Å². The third-order valence-corrected chi connectivity index (χ3v) is 7.13. The summed E-state index contributed by atoms with van der Waals surface area (Å²) in [5.41, 5.74) is 1.87. The Bertz CT molecular complexity index is 1170. The van der Waals surface area contributed by atoms with Crippen molar-refractivity contribution in [3.8, 4) is 17.2 Å². The van der Waals surface area contributed by atoms with Crippen LogP contribution in [-0.2, 0) is 6.18 Å². The van der Waals surface area contributed by atoms with Crippen molar-refractivity contribution >= 4 is 0 Å². The summed E-state index contributed by atoms with van der Waals surface area (Å²) in [6.45, 7) is 4.07. The lowest BCUT2D eigenvalue weighted by atomic mass is 9.75. The highest BCUT2D eigenvalue weighted by Crippen LogP contribution is 2.47. The smallest absolute Gasteiger partial charge is 0.416 e. The lowest BCUT2D eigenvalue weighted by Crippen LogP contribution is -2.26. The molecule has 190 valence electrons. The van der Waals surface area contributed by atoms with E-state index < -0.39 is 11.7 Å². The molecule has 1 saturated heterocycles.